The van der Waals surface area contributed by atoms with E-state index in [1.807, 2.05) is 0 Å². The van der Waals surface area contributed by atoms with Gasteiger partial charge in [0.05, 0.1) is 0 Å². The van der Waals surface area contributed by atoms with Crippen molar-refractivity contribution in [2.24, 2.45) is 17.6 Å². The van der Waals surface area contributed by atoms with E-state index < -0.39 is 0 Å². The summed E-state index contributed by atoms with van der Waals surface area (Å²) in [4.78, 5) is 5.09. The Morgan fingerprint density at radius 3 is 2.44 bits per heavy atom. The van der Waals surface area contributed by atoms with Crippen LogP contribution in [0.1, 0.15) is 26.2 Å². The second-order valence-corrected chi connectivity index (χ2v) is 5.94. The van der Waals surface area contributed by atoms with Crippen LogP contribution in [0.4, 0.5) is 0 Å². The lowest BCUT2D eigenvalue weighted by molar-refractivity contribution is 0.115. The molecule has 94 valence electrons. The van der Waals surface area contributed by atoms with Crippen LogP contribution in [-0.4, -0.2) is 55.6 Å². The third kappa shape index (κ3) is 3.19. The van der Waals surface area contributed by atoms with Crippen LogP contribution in [0.5, 0.6) is 0 Å². The van der Waals surface area contributed by atoms with Gasteiger partial charge in [0.2, 0.25) is 0 Å². The standard InChI is InChI=1S/C13H27N3/c1-11-9-16(8-5-13(11)14)10-12-3-6-15(2)7-4-12/h11-13H,3-10,14H2,1-2H3. The zero-order valence-corrected chi connectivity index (χ0v) is 10.9. The molecule has 3 heteroatoms. The molecule has 0 aromatic rings. The van der Waals surface area contributed by atoms with Crippen LogP contribution in [-0.2, 0) is 0 Å². The van der Waals surface area contributed by atoms with E-state index in [9.17, 15) is 0 Å². The number of likely N-dealkylation sites (tertiary alicyclic amines) is 2. The van der Waals surface area contributed by atoms with Gasteiger partial charge in [0.15, 0.2) is 0 Å². The minimum absolute atomic E-state index is 0.439. The average molecular weight is 225 g/mol. The van der Waals surface area contributed by atoms with E-state index in [4.69, 9.17) is 5.73 Å². The van der Waals surface area contributed by atoms with Gasteiger partial charge in [-0.15, -0.1) is 0 Å². The van der Waals surface area contributed by atoms with Gasteiger partial charge < -0.3 is 15.5 Å². The molecule has 0 aromatic heterocycles. The van der Waals surface area contributed by atoms with Crippen LogP contribution in [0.2, 0.25) is 0 Å². The lowest BCUT2D eigenvalue weighted by atomic mass is 9.91. The average Bonchev–Trinajstić information content (AvgIpc) is 2.27. The maximum atomic E-state index is 6.06. The zero-order valence-electron chi connectivity index (χ0n) is 10.9. The summed E-state index contributed by atoms with van der Waals surface area (Å²) in [5.74, 6) is 1.61. The molecule has 2 N–H and O–H groups in total. The first-order valence-corrected chi connectivity index (χ1v) is 6.81. The fourth-order valence-corrected chi connectivity index (χ4v) is 3.03. The van der Waals surface area contributed by atoms with Crippen molar-refractivity contribution < 1.29 is 0 Å². The second kappa shape index (κ2) is 5.48. The first kappa shape index (κ1) is 12.3. The van der Waals surface area contributed by atoms with Crippen LogP contribution in [0, 0.1) is 11.8 Å². The maximum absolute atomic E-state index is 6.06. The molecule has 0 aromatic carbocycles. The summed E-state index contributed by atoms with van der Waals surface area (Å²) < 4.78 is 0. The van der Waals surface area contributed by atoms with E-state index in [0.29, 0.717) is 12.0 Å². The molecule has 2 saturated heterocycles. The summed E-state index contributed by atoms with van der Waals surface area (Å²) in [6.07, 6.45) is 3.95. The number of nitrogens with two attached hydrogens (primary N) is 1. The normalized spacial score (nSPS) is 35.4. The highest BCUT2D eigenvalue weighted by atomic mass is 15.2. The van der Waals surface area contributed by atoms with Crippen molar-refractivity contribution in [2.45, 2.75) is 32.2 Å². The fourth-order valence-electron chi connectivity index (χ4n) is 3.03. The van der Waals surface area contributed by atoms with E-state index in [0.717, 1.165) is 5.92 Å². The summed E-state index contributed by atoms with van der Waals surface area (Å²) in [6.45, 7) is 8.61. The molecule has 0 saturated carbocycles. The highest BCUT2D eigenvalue weighted by molar-refractivity contribution is 4.82. The van der Waals surface area contributed by atoms with Gasteiger partial charge in [0.25, 0.3) is 0 Å². The fraction of sp³-hybridized carbons (Fsp3) is 1.00. The molecule has 2 heterocycles. The predicted molar refractivity (Wildman–Crippen MR) is 68.4 cm³/mol. The Balaban J connectivity index is 1.73. The monoisotopic (exact) mass is 225 g/mol. The predicted octanol–water partition coefficient (Wildman–Crippen LogP) is 0.997. The third-order valence-electron chi connectivity index (χ3n) is 4.41. The highest BCUT2D eigenvalue weighted by Gasteiger charge is 2.26. The molecule has 16 heavy (non-hydrogen) atoms. The quantitative estimate of drug-likeness (QED) is 0.761. The van der Waals surface area contributed by atoms with Crippen LogP contribution in [0.15, 0.2) is 0 Å². The highest BCUT2D eigenvalue weighted by Crippen LogP contribution is 2.21. The van der Waals surface area contributed by atoms with Gasteiger partial charge in [-0.25, -0.2) is 0 Å². The molecule has 0 aliphatic carbocycles. The van der Waals surface area contributed by atoms with Crippen molar-refractivity contribution in [2.75, 3.05) is 39.8 Å². The summed E-state index contributed by atoms with van der Waals surface area (Å²) in [7, 11) is 2.23. The van der Waals surface area contributed by atoms with Gasteiger partial charge in [0.1, 0.15) is 0 Å². The maximum Gasteiger partial charge on any atom is 0.00889 e. The number of rotatable bonds is 2. The smallest absolute Gasteiger partial charge is 0.00889 e. The molecule has 0 amide bonds. The van der Waals surface area contributed by atoms with E-state index in [1.165, 1.54) is 52.0 Å². The van der Waals surface area contributed by atoms with E-state index in [-0.39, 0.29) is 0 Å². The second-order valence-electron chi connectivity index (χ2n) is 5.94. The summed E-state index contributed by atoms with van der Waals surface area (Å²) in [6, 6.07) is 0.439. The van der Waals surface area contributed by atoms with Gasteiger partial charge in [0, 0.05) is 19.1 Å². The Morgan fingerprint density at radius 1 is 1.12 bits per heavy atom. The Hall–Kier alpha value is -0.120. The summed E-state index contributed by atoms with van der Waals surface area (Å²) in [5.41, 5.74) is 6.06. The lowest BCUT2D eigenvalue weighted by Gasteiger charge is -2.38. The van der Waals surface area contributed by atoms with Gasteiger partial charge in [-0.05, 0) is 57.8 Å². The topological polar surface area (TPSA) is 32.5 Å². The molecule has 0 bridgehead atoms. The van der Waals surface area contributed by atoms with Gasteiger partial charge in [-0.1, -0.05) is 6.92 Å². The van der Waals surface area contributed by atoms with E-state index in [2.05, 4.69) is 23.8 Å². The van der Waals surface area contributed by atoms with Gasteiger partial charge in [-0.2, -0.15) is 0 Å². The number of hydrogen-bond donors (Lipinski definition) is 1. The van der Waals surface area contributed by atoms with Gasteiger partial charge >= 0.3 is 0 Å². The van der Waals surface area contributed by atoms with Crippen molar-refractivity contribution >= 4 is 0 Å². The van der Waals surface area contributed by atoms with E-state index in [1.54, 1.807) is 0 Å². The molecular weight excluding hydrogens is 198 g/mol. The number of nitrogens with zero attached hydrogens (tertiary/aromatic N) is 2. The Kier molecular flexibility index (Phi) is 4.22. The molecule has 2 rings (SSSR count). The van der Waals surface area contributed by atoms with Gasteiger partial charge in [-0.3, -0.25) is 0 Å². The minimum atomic E-state index is 0.439. The Labute approximate surface area is 100.0 Å². The molecule has 3 nitrogen and oxygen atoms in total. The van der Waals surface area contributed by atoms with Crippen molar-refractivity contribution in [3.63, 3.8) is 0 Å². The van der Waals surface area contributed by atoms with Crippen molar-refractivity contribution in [1.82, 2.24) is 9.80 Å². The number of piperidine rings is 2. The van der Waals surface area contributed by atoms with Crippen molar-refractivity contribution in [3.8, 4) is 0 Å². The molecule has 0 radical (unpaired) electrons. The van der Waals surface area contributed by atoms with Crippen LogP contribution >= 0.6 is 0 Å². The van der Waals surface area contributed by atoms with Crippen molar-refractivity contribution in [1.29, 1.82) is 0 Å². The molecule has 2 atom stereocenters. The van der Waals surface area contributed by atoms with Crippen LogP contribution < -0.4 is 5.73 Å². The van der Waals surface area contributed by atoms with E-state index >= 15 is 0 Å². The van der Waals surface area contributed by atoms with Crippen LogP contribution in [0.3, 0.4) is 0 Å². The molecular formula is C13H27N3. The molecule has 2 aliphatic rings. The third-order valence-corrected chi connectivity index (χ3v) is 4.41. The van der Waals surface area contributed by atoms with Crippen LogP contribution in [0.25, 0.3) is 0 Å². The first-order chi connectivity index (χ1) is 7.65. The minimum Gasteiger partial charge on any atom is -0.327 e. The largest absolute Gasteiger partial charge is 0.327 e. The lowest BCUT2D eigenvalue weighted by Crippen LogP contribution is -2.48. The Morgan fingerprint density at radius 2 is 1.81 bits per heavy atom. The summed E-state index contributed by atoms with van der Waals surface area (Å²) >= 11 is 0. The molecule has 0 spiro atoms. The molecule has 2 aliphatic heterocycles. The van der Waals surface area contributed by atoms with Crippen molar-refractivity contribution in [3.05, 3.63) is 0 Å². The number of hydrogen-bond acceptors (Lipinski definition) is 3. The molecule has 2 fully saturated rings. The summed E-state index contributed by atoms with van der Waals surface area (Å²) in [5, 5.41) is 0. The zero-order chi connectivity index (χ0) is 11.5. The Bertz CT molecular complexity index is 211. The first-order valence-electron chi connectivity index (χ1n) is 6.81. The molecule has 2 unspecified atom stereocenters. The SMILES string of the molecule is CC1CN(CC2CCN(C)CC2)CCC1N.